The van der Waals surface area contributed by atoms with Gasteiger partial charge in [0.15, 0.2) is 0 Å². The van der Waals surface area contributed by atoms with E-state index in [0.29, 0.717) is 4.91 Å². The third-order valence-corrected chi connectivity index (χ3v) is 5.57. The molecule has 0 spiro atoms. The van der Waals surface area contributed by atoms with Crippen molar-refractivity contribution in [3.05, 3.63) is 79.2 Å². The van der Waals surface area contributed by atoms with Crippen LogP contribution in [0.15, 0.2) is 57.9 Å². The smallest absolute Gasteiger partial charge is 0.293 e. The van der Waals surface area contributed by atoms with E-state index in [1.165, 1.54) is 12.1 Å². The maximum Gasteiger partial charge on any atom is 0.293 e. The van der Waals surface area contributed by atoms with Crippen molar-refractivity contribution in [2.45, 2.75) is 0 Å². The maximum absolute atomic E-state index is 12.4. The van der Waals surface area contributed by atoms with Crippen molar-refractivity contribution in [2.75, 3.05) is 13.1 Å². The number of carbonyl (C=O) groups is 3. The first-order chi connectivity index (χ1) is 13.9. The number of hydrogen-bond acceptors (Lipinski definition) is 6. The summed E-state index contributed by atoms with van der Waals surface area (Å²) in [4.78, 5) is 48.5. The molecule has 2 aromatic rings. The molecule has 148 valence electrons. The molecule has 0 aromatic heterocycles. The van der Waals surface area contributed by atoms with Gasteiger partial charge in [-0.2, -0.15) is 0 Å². The number of nitrogens with one attached hydrogen (secondary N) is 1. The predicted molar refractivity (Wildman–Crippen MR) is 112 cm³/mol. The number of halogens is 1. The Kier molecular flexibility index (Phi) is 6.45. The molecule has 2 aromatic carbocycles. The van der Waals surface area contributed by atoms with Crippen LogP contribution in [-0.2, 0) is 4.79 Å². The molecule has 0 aliphatic carbocycles. The largest absolute Gasteiger partial charge is 0.350 e. The second-order valence-electron chi connectivity index (χ2n) is 5.92. The number of thioether (sulfide) groups is 1. The zero-order valence-electron chi connectivity index (χ0n) is 14.8. The maximum atomic E-state index is 12.4. The number of nitro groups is 1. The van der Waals surface area contributed by atoms with Gasteiger partial charge in [-0.3, -0.25) is 29.4 Å². The highest BCUT2D eigenvalue weighted by atomic mass is 79.9. The van der Waals surface area contributed by atoms with Crippen LogP contribution in [0.4, 0.5) is 10.5 Å². The minimum Gasteiger partial charge on any atom is -0.350 e. The zero-order chi connectivity index (χ0) is 21.0. The summed E-state index contributed by atoms with van der Waals surface area (Å²) in [7, 11) is 0. The zero-order valence-corrected chi connectivity index (χ0v) is 17.2. The first kappa shape index (κ1) is 20.7. The molecule has 0 saturated carbocycles. The fraction of sp³-hybridized carbons (Fsp3) is 0.105. The number of imide groups is 1. The van der Waals surface area contributed by atoms with Crippen LogP contribution in [0.25, 0.3) is 6.08 Å². The fourth-order valence-corrected chi connectivity index (χ4v) is 3.83. The molecule has 0 radical (unpaired) electrons. The van der Waals surface area contributed by atoms with Crippen molar-refractivity contribution in [1.29, 1.82) is 0 Å². The minimum atomic E-state index is -0.597. The second-order valence-corrected chi connectivity index (χ2v) is 7.77. The monoisotopic (exact) mass is 475 g/mol. The standard InChI is InChI=1S/C19H14BrN3O5S/c20-14-7-6-13(11-15(14)23(27)28)17(24)21-8-9-22-18(25)16(29-19(22)26)10-12-4-2-1-3-5-12/h1-7,10-11H,8-9H2,(H,21,24)/b16-10-. The van der Waals surface area contributed by atoms with Crippen molar-refractivity contribution >= 4 is 56.5 Å². The lowest BCUT2D eigenvalue weighted by Crippen LogP contribution is -2.37. The SMILES string of the molecule is O=C(NCCN1C(=O)S/C(=C\c2ccccc2)C1=O)c1ccc(Br)c([N+](=O)[O-])c1. The van der Waals surface area contributed by atoms with Crippen molar-refractivity contribution in [3.63, 3.8) is 0 Å². The Balaban J connectivity index is 1.60. The summed E-state index contributed by atoms with van der Waals surface area (Å²) >= 11 is 3.90. The van der Waals surface area contributed by atoms with Crippen LogP contribution in [0.2, 0.25) is 0 Å². The lowest BCUT2D eigenvalue weighted by Gasteiger charge is -2.13. The molecule has 0 atom stereocenters. The summed E-state index contributed by atoms with van der Waals surface area (Å²) in [6.07, 6.45) is 1.64. The molecule has 1 aliphatic heterocycles. The average Bonchev–Trinajstić information content (AvgIpc) is 2.96. The van der Waals surface area contributed by atoms with Crippen LogP contribution in [0.3, 0.4) is 0 Å². The summed E-state index contributed by atoms with van der Waals surface area (Å²) in [5, 5.41) is 13.1. The average molecular weight is 476 g/mol. The molecule has 0 unspecified atom stereocenters. The minimum absolute atomic E-state index is 0.00115. The summed E-state index contributed by atoms with van der Waals surface area (Å²) in [5.41, 5.74) is 0.691. The van der Waals surface area contributed by atoms with Crippen LogP contribution in [-0.4, -0.2) is 40.0 Å². The molecule has 8 nitrogen and oxygen atoms in total. The lowest BCUT2D eigenvalue weighted by molar-refractivity contribution is -0.385. The van der Waals surface area contributed by atoms with E-state index in [1.54, 1.807) is 6.08 Å². The Labute approximate surface area is 178 Å². The highest BCUT2D eigenvalue weighted by Gasteiger charge is 2.34. The molecule has 1 aliphatic rings. The molecule has 10 heteroatoms. The number of benzene rings is 2. The van der Waals surface area contributed by atoms with E-state index < -0.39 is 22.0 Å². The summed E-state index contributed by atoms with van der Waals surface area (Å²) in [6.45, 7) is 0.0283. The van der Waals surface area contributed by atoms with E-state index in [2.05, 4.69) is 21.2 Å². The van der Waals surface area contributed by atoms with Crippen molar-refractivity contribution in [2.24, 2.45) is 0 Å². The number of hydrogen-bond donors (Lipinski definition) is 1. The van der Waals surface area contributed by atoms with E-state index in [9.17, 15) is 24.5 Å². The van der Waals surface area contributed by atoms with Gasteiger partial charge < -0.3 is 5.32 Å². The molecule has 1 saturated heterocycles. The molecule has 1 N–H and O–H groups in total. The Morgan fingerprint density at radius 2 is 1.93 bits per heavy atom. The number of nitrogens with zero attached hydrogens (tertiary/aromatic N) is 2. The van der Waals surface area contributed by atoms with Gasteiger partial charge in [-0.1, -0.05) is 30.3 Å². The van der Waals surface area contributed by atoms with E-state index in [1.807, 2.05) is 30.3 Å². The van der Waals surface area contributed by atoms with Gasteiger partial charge in [0.2, 0.25) is 0 Å². The predicted octanol–water partition coefficient (Wildman–Crippen LogP) is 3.82. The van der Waals surface area contributed by atoms with Gasteiger partial charge in [-0.25, -0.2) is 0 Å². The summed E-state index contributed by atoms with van der Waals surface area (Å²) < 4.78 is 0.266. The van der Waals surface area contributed by atoms with Gasteiger partial charge in [-0.05, 0) is 51.5 Å². The van der Waals surface area contributed by atoms with Crippen LogP contribution in [0.5, 0.6) is 0 Å². The Morgan fingerprint density at radius 1 is 1.21 bits per heavy atom. The first-order valence-electron chi connectivity index (χ1n) is 8.39. The topological polar surface area (TPSA) is 110 Å². The quantitative estimate of drug-likeness (QED) is 0.386. The molecule has 3 rings (SSSR count). The summed E-state index contributed by atoms with van der Waals surface area (Å²) in [5.74, 6) is -0.954. The van der Waals surface area contributed by atoms with E-state index in [0.717, 1.165) is 28.3 Å². The van der Waals surface area contributed by atoms with Crippen LogP contribution in [0, 0.1) is 10.1 Å². The highest BCUT2D eigenvalue weighted by Crippen LogP contribution is 2.31. The Hall–Kier alpha value is -2.98. The van der Waals surface area contributed by atoms with Gasteiger partial charge in [0, 0.05) is 24.7 Å². The molecular weight excluding hydrogens is 462 g/mol. The highest BCUT2D eigenvalue weighted by molar-refractivity contribution is 9.10. The van der Waals surface area contributed by atoms with E-state index in [4.69, 9.17) is 0 Å². The van der Waals surface area contributed by atoms with Crippen LogP contribution < -0.4 is 5.32 Å². The molecule has 0 bridgehead atoms. The molecule has 29 heavy (non-hydrogen) atoms. The fourth-order valence-electron chi connectivity index (χ4n) is 2.57. The number of rotatable bonds is 6. The van der Waals surface area contributed by atoms with Gasteiger partial charge in [0.1, 0.15) is 0 Å². The van der Waals surface area contributed by atoms with Crippen molar-refractivity contribution in [3.8, 4) is 0 Å². The molecule has 1 heterocycles. The van der Waals surface area contributed by atoms with Crippen molar-refractivity contribution in [1.82, 2.24) is 10.2 Å². The van der Waals surface area contributed by atoms with Gasteiger partial charge in [0.05, 0.1) is 14.3 Å². The first-order valence-corrected chi connectivity index (χ1v) is 10.0. The van der Waals surface area contributed by atoms with Crippen LogP contribution >= 0.6 is 27.7 Å². The second kappa shape index (κ2) is 9.01. The molecule has 1 fully saturated rings. The van der Waals surface area contributed by atoms with E-state index in [-0.39, 0.29) is 28.8 Å². The normalized spacial score (nSPS) is 15.1. The van der Waals surface area contributed by atoms with Gasteiger partial charge in [-0.15, -0.1) is 0 Å². The molecule has 3 amide bonds. The number of carbonyl (C=O) groups excluding carboxylic acids is 3. The number of nitro benzene ring substituents is 1. The third kappa shape index (κ3) is 4.90. The lowest BCUT2D eigenvalue weighted by atomic mass is 10.2. The number of amides is 3. The van der Waals surface area contributed by atoms with Crippen LogP contribution in [0.1, 0.15) is 15.9 Å². The van der Waals surface area contributed by atoms with Gasteiger partial charge >= 0.3 is 0 Å². The van der Waals surface area contributed by atoms with E-state index >= 15 is 0 Å². The third-order valence-electron chi connectivity index (χ3n) is 4.00. The Morgan fingerprint density at radius 3 is 2.62 bits per heavy atom. The van der Waals surface area contributed by atoms with Gasteiger partial charge in [0.25, 0.3) is 22.7 Å². The molecular formula is C19H14BrN3O5S. The summed E-state index contributed by atoms with van der Waals surface area (Å²) in [6, 6.07) is 13.2. The van der Waals surface area contributed by atoms with Crippen molar-refractivity contribution < 1.29 is 19.3 Å². The Bertz CT molecular complexity index is 1030.